The van der Waals surface area contributed by atoms with Gasteiger partial charge in [0, 0.05) is 55.3 Å². The van der Waals surface area contributed by atoms with Gasteiger partial charge in [-0.2, -0.15) is 0 Å². The smallest absolute Gasteiger partial charge is 0.229 e. The molecule has 0 unspecified atom stereocenters. The molecular weight excluding hydrogens is 433 g/mol. The highest BCUT2D eigenvalue weighted by Crippen LogP contribution is 2.32. The maximum atomic E-state index is 13.5. The minimum atomic E-state index is -0.387. The second-order valence-corrected chi connectivity index (χ2v) is 8.17. The third-order valence-corrected chi connectivity index (χ3v) is 5.77. The monoisotopic (exact) mass is 449 g/mol. The van der Waals surface area contributed by atoms with E-state index in [0.717, 1.165) is 22.2 Å². The molecule has 0 bridgehead atoms. The van der Waals surface area contributed by atoms with Crippen LogP contribution in [0.5, 0.6) is 0 Å². The van der Waals surface area contributed by atoms with Crippen molar-refractivity contribution in [3.63, 3.8) is 0 Å². The van der Waals surface area contributed by atoms with Crippen LogP contribution in [-0.4, -0.2) is 31.2 Å². The number of anilines is 1. The molecule has 32 heavy (non-hydrogen) atoms. The lowest BCUT2D eigenvalue weighted by atomic mass is 9.83. The largest absolute Gasteiger partial charge is 0.342 e. The molecule has 1 fully saturated rings. The van der Waals surface area contributed by atoms with Gasteiger partial charge in [0.15, 0.2) is 0 Å². The Kier molecular flexibility index (Phi) is 5.14. The Morgan fingerprint density at radius 3 is 2.78 bits per heavy atom. The Hall–Kier alpha value is -3.65. The summed E-state index contributed by atoms with van der Waals surface area (Å²) in [5, 5.41) is 3.17. The second kappa shape index (κ2) is 8.12. The topological polar surface area (TPSA) is 89.8 Å². The van der Waals surface area contributed by atoms with E-state index in [2.05, 4.69) is 20.3 Å². The van der Waals surface area contributed by atoms with Gasteiger partial charge in [-0.1, -0.05) is 11.6 Å². The van der Waals surface area contributed by atoms with Crippen molar-refractivity contribution in [3.8, 4) is 11.1 Å². The van der Waals surface area contributed by atoms with E-state index in [1.807, 2.05) is 22.9 Å². The number of carbonyl (C=O) groups is 2. The number of fused-ring (bicyclic) bond motifs is 1. The lowest BCUT2D eigenvalue weighted by Gasteiger charge is -2.22. The summed E-state index contributed by atoms with van der Waals surface area (Å²) >= 11 is 6.40. The summed E-state index contributed by atoms with van der Waals surface area (Å²) in [5.74, 6) is -0.470. The van der Waals surface area contributed by atoms with Crippen LogP contribution < -0.4 is 5.32 Å². The number of rotatable bonds is 5. The molecule has 1 amide bonds. The molecular formula is C23H17ClFN5O2. The van der Waals surface area contributed by atoms with E-state index in [1.165, 1.54) is 18.5 Å². The average molecular weight is 450 g/mol. The quantitative estimate of drug-likeness (QED) is 0.492. The Bertz CT molecular complexity index is 1360. The molecule has 4 aromatic heterocycles. The van der Waals surface area contributed by atoms with Gasteiger partial charge in [-0.25, -0.2) is 9.37 Å². The molecule has 0 saturated heterocycles. The Labute approximate surface area is 187 Å². The number of pyridine rings is 3. The highest BCUT2D eigenvalue weighted by Gasteiger charge is 2.32. The van der Waals surface area contributed by atoms with Crippen LogP contribution in [0.3, 0.4) is 0 Å². The molecule has 0 spiro atoms. The summed E-state index contributed by atoms with van der Waals surface area (Å²) < 4.78 is 15.5. The summed E-state index contributed by atoms with van der Waals surface area (Å²) in [5.41, 5.74) is 3.77. The molecule has 1 N–H and O–H groups in total. The van der Waals surface area contributed by atoms with Gasteiger partial charge < -0.3 is 9.88 Å². The molecule has 0 atom stereocenters. The van der Waals surface area contributed by atoms with Crippen molar-refractivity contribution < 1.29 is 14.0 Å². The lowest BCUT2D eigenvalue weighted by Crippen LogP contribution is -2.34. The van der Waals surface area contributed by atoms with Crippen LogP contribution in [0.15, 0.2) is 55.2 Å². The predicted octanol–water partition coefficient (Wildman–Crippen LogP) is 4.25. The molecule has 0 aromatic carbocycles. The van der Waals surface area contributed by atoms with Crippen LogP contribution >= 0.6 is 11.6 Å². The van der Waals surface area contributed by atoms with Gasteiger partial charge in [-0.3, -0.25) is 19.6 Å². The molecule has 0 aliphatic heterocycles. The van der Waals surface area contributed by atoms with Gasteiger partial charge in [0.05, 0.1) is 28.2 Å². The lowest BCUT2D eigenvalue weighted by molar-refractivity contribution is -0.135. The predicted molar refractivity (Wildman–Crippen MR) is 118 cm³/mol. The Morgan fingerprint density at radius 2 is 2.00 bits per heavy atom. The van der Waals surface area contributed by atoms with Gasteiger partial charge >= 0.3 is 0 Å². The Balaban J connectivity index is 1.45. The number of aromatic nitrogens is 4. The SMILES string of the molecule is O=C1CC(C(=O)Nc2cc(-c3cnc4ccn(Cc5cncc(F)c5)c4c3)c(Cl)cn2)C1. The number of Topliss-reactive ketones (excluding diaryl/α,β-unsaturated/α-hetero) is 1. The van der Waals surface area contributed by atoms with E-state index in [-0.39, 0.29) is 36.3 Å². The first-order valence-electron chi connectivity index (χ1n) is 9.99. The van der Waals surface area contributed by atoms with Crippen molar-refractivity contribution in [2.24, 2.45) is 5.92 Å². The molecule has 4 heterocycles. The molecule has 5 rings (SSSR count). The van der Waals surface area contributed by atoms with Crippen molar-refractivity contribution in [3.05, 3.63) is 71.7 Å². The summed E-state index contributed by atoms with van der Waals surface area (Å²) in [6, 6.07) is 6.95. The first kappa shape index (κ1) is 20.3. The van der Waals surface area contributed by atoms with E-state index >= 15 is 0 Å². The normalized spacial score (nSPS) is 13.9. The summed E-state index contributed by atoms with van der Waals surface area (Å²) in [7, 11) is 0. The maximum Gasteiger partial charge on any atom is 0.229 e. The number of carbonyl (C=O) groups excluding carboxylic acids is 2. The molecule has 0 radical (unpaired) electrons. The first-order valence-corrected chi connectivity index (χ1v) is 10.4. The van der Waals surface area contributed by atoms with Crippen LogP contribution in [0, 0.1) is 11.7 Å². The van der Waals surface area contributed by atoms with Crippen LogP contribution in [0.4, 0.5) is 10.2 Å². The van der Waals surface area contributed by atoms with Gasteiger partial charge in [-0.15, -0.1) is 0 Å². The van der Waals surface area contributed by atoms with Gasteiger partial charge in [0.1, 0.15) is 17.4 Å². The zero-order valence-corrected chi connectivity index (χ0v) is 17.5. The van der Waals surface area contributed by atoms with Crippen LogP contribution in [0.1, 0.15) is 18.4 Å². The number of ketones is 1. The summed E-state index contributed by atoms with van der Waals surface area (Å²) in [6.07, 6.45) is 8.38. The van der Waals surface area contributed by atoms with E-state index in [4.69, 9.17) is 11.6 Å². The number of amides is 1. The third kappa shape index (κ3) is 3.97. The van der Waals surface area contributed by atoms with Crippen molar-refractivity contribution in [1.82, 2.24) is 19.5 Å². The van der Waals surface area contributed by atoms with Crippen LogP contribution in [0.2, 0.25) is 5.02 Å². The zero-order valence-electron chi connectivity index (χ0n) is 16.8. The molecule has 1 aliphatic carbocycles. The van der Waals surface area contributed by atoms with Crippen molar-refractivity contribution in [2.45, 2.75) is 19.4 Å². The number of hydrogen-bond acceptors (Lipinski definition) is 5. The molecule has 1 aliphatic rings. The third-order valence-electron chi connectivity index (χ3n) is 5.47. The molecule has 4 aromatic rings. The molecule has 1 saturated carbocycles. The van der Waals surface area contributed by atoms with E-state index in [0.29, 0.717) is 22.9 Å². The summed E-state index contributed by atoms with van der Waals surface area (Å²) in [4.78, 5) is 36.0. The second-order valence-electron chi connectivity index (χ2n) is 7.77. The van der Waals surface area contributed by atoms with Gasteiger partial charge in [0.2, 0.25) is 5.91 Å². The van der Waals surface area contributed by atoms with Gasteiger partial charge in [0.25, 0.3) is 0 Å². The van der Waals surface area contributed by atoms with Crippen molar-refractivity contribution in [2.75, 3.05) is 5.32 Å². The van der Waals surface area contributed by atoms with Crippen LogP contribution in [0.25, 0.3) is 22.2 Å². The van der Waals surface area contributed by atoms with Crippen LogP contribution in [-0.2, 0) is 16.1 Å². The number of nitrogens with one attached hydrogen (secondary N) is 1. The highest BCUT2D eigenvalue weighted by atomic mass is 35.5. The maximum absolute atomic E-state index is 13.5. The minimum absolute atomic E-state index is 0.0892. The highest BCUT2D eigenvalue weighted by molar-refractivity contribution is 6.33. The fourth-order valence-electron chi connectivity index (χ4n) is 3.72. The standard InChI is InChI=1S/C23H17ClFN5O2/c24-19-11-28-22(29-23(32)14-4-17(31)5-14)7-18(19)15-6-21-20(27-9-15)1-2-30(21)12-13-3-16(25)10-26-8-13/h1-3,6-11,14H,4-5,12H2,(H,28,29,32). The first-order chi connectivity index (χ1) is 15.5. The van der Waals surface area contributed by atoms with E-state index < -0.39 is 0 Å². The average Bonchev–Trinajstić information content (AvgIpc) is 3.15. The van der Waals surface area contributed by atoms with Crippen molar-refractivity contribution in [1.29, 1.82) is 0 Å². The fraction of sp³-hybridized carbons (Fsp3) is 0.174. The molecule has 7 nitrogen and oxygen atoms in total. The van der Waals surface area contributed by atoms with Gasteiger partial charge in [-0.05, 0) is 29.8 Å². The van der Waals surface area contributed by atoms with E-state index in [1.54, 1.807) is 18.5 Å². The number of halogens is 2. The summed E-state index contributed by atoms with van der Waals surface area (Å²) in [6.45, 7) is 0.435. The zero-order chi connectivity index (χ0) is 22.2. The van der Waals surface area contributed by atoms with Crippen molar-refractivity contribution >= 4 is 40.1 Å². The fourth-order valence-corrected chi connectivity index (χ4v) is 3.93. The molecule has 9 heteroatoms. The van der Waals surface area contributed by atoms with E-state index in [9.17, 15) is 14.0 Å². The number of nitrogens with zero attached hydrogens (tertiary/aromatic N) is 4. The molecule has 160 valence electrons. The number of hydrogen-bond donors (Lipinski definition) is 1. The minimum Gasteiger partial charge on any atom is -0.342 e. The Morgan fingerprint density at radius 1 is 1.16 bits per heavy atom.